The molecule has 1 aromatic heterocycles. The molecule has 0 spiro atoms. The lowest BCUT2D eigenvalue weighted by molar-refractivity contribution is 0.636. The van der Waals surface area contributed by atoms with E-state index in [0.717, 1.165) is 30.5 Å². The average Bonchev–Trinajstić information content (AvgIpc) is 3.83. The zero-order chi connectivity index (χ0) is 39.6. The minimum atomic E-state index is 0.155. The van der Waals surface area contributed by atoms with E-state index in [9.17, 15) is 0 Å². The van der Waals surface area contributed by atoms with Crippen LogP contribution in [0.4, 0.5) is 0 Å². The number of aliphatic imine (C=N–C) groups is 1. The summed E-state index contributed by atoms with van der Waals surface area (Å²) in [6.07, 6.45) is 7.72. The first-order valence-corrected chi connectivity index (χ1v) is 21.3. The standard InChI is InChI=1S/C57H41BN2/c1-4-18-40(19-5-1)56-43-20-11-10-16-39-17-12-13-25-46(39)53(35-43)59-57(56)41-30-28-38(29-31-41)42-32-33-51-48(34-42)49-37-55-50(36-52(49)58(51)44-21-6-2-7-22-44)47-26-14-15-27-54(47)60(55)45-23-8-3-9-24-45/h1-10,12-19,21-34,36-37,43H,11,20,35H2. The number of allylic oxidation sites excluding steroid dienone is 2. The average molecular weight is 765 g/mol. The summed E-state index contributed by atoms with van der Waals surface area (Å²) in [5, 5.41) is 2.57. The molecule has 0 radical (unpaired) electrons. The van der Waals surface area contributed by atoms with Crippen molar-refractivity contribution < 1.29 is 0 Å². The Kier molecular flexibility index (Phi) is 8.26. The molecule has 12 rings (SSSR count). The molecule has 3 heterocycles. The Morgan fingerprint density at radius 1 is 0.500 bits per heavy atom. The lowest BCUT2D eigenvalue weighted by Crippen LogP contribution is -2.48. The van der Waals surface area contributed by atoms with Crippen molar-refractivity contribution >= 4 is 68.0 Å². The fourth-order valence-electron chi connectivity index (χ4n) is 10.4. The van der Waals surface area contributed by atoms with Gasteiger partial charge in [-0.25, -0.2) is 0 Å². The van der Waals surface area contributed by atoms with Crippen LogP contribution in [0, 0.1) is 5.92 Å². The lowest BCUT2D eigenvalue weighted by atomic mass is 9.39. The van der Waals surface area contributed by atoms with E-state index in [0.29, 0.717) is 5.92 Å². The molecular formula is C57H41BN2. The minimum Gasteiger partial charge on any atom is -0.309 e. The maximum Gasteiger partial charge on any atom is 0.242 e. The molecule has 3 heteroatoms. The van der Waals surface area contributed by atoms with Crippen molar-refractivity contribution in [3.05, 3.63) is 222 Å². The molecule has 1 unspecified atom stereocenters. The molecule has 0 fully saturated rings. The summed E-state index contributed by atoms with van der Waals surface area (Å²) in [7, 11) is 0. The van der Waals surface area contributed by atoms with Crippen LogP contribution in [0.15, 0.2) is 205 Å². The lowest BCUT2D eigenvalue weighted by Gasteiger charge is -2.28. The third-order valence-electron chi connectivity index (χ3n) is 13.1. The summed E-state index contributed by atoms with van der Waals surface area (Å²) in [4.78, 5) is 5.56. The van der Waals surface area contributed by atoms with Gasteiger partial charge in [-0.3, -0.25) is 4.99 Å². The summed E-state index contributed by atoms with van der Waals surface area (Å²) in [5.41, 5.74) is 21.3. The van der Waals surface area contributed by atoms with E-state index in [-0.39, 0.29) is 6.71 Å². The van der Waals surface area contributed by atoms with Gasteiger partial charge in [-0.1, -0.05) is 192 Å². The minimum absolute atomic E-state index is 0.155. The Morgan fingerprint density at radius 2 is 1.18 bits per heavy atom. The van der Waals surface area contributed by atoms with Gasteiger partial charge in [0.25, 0.3) is 0 Å². The number of nitrogens with zero attached hydrogens (tertiary/aromatic N) is 2. The predicted molar refractivity (Wildman–Crippen MR) is 255 cm³/mol. The van der Waals surface area contributed by atoms with E-state index in [2.05, 4.69) is 211 Å². The molecular weight excluding hydrogens is 723 g/mol. The topological polar surface area (TPSA) is 17.3 Å². The van der Waals surface area contributed by atoms with Gasteiger partial charge < -0.3 is 4.57 Å². The molecule has 0 saturated carbocycles. The number of hydrogen-bond acceptors (Lipinski definition) is 1. The second kappa shape index (κ2) is 14.3. The second-order valence-electron chi connectivity index (χ2n) is 16.5. The van der Waals surface area contributed by atoms with Crippen molar-refractivity contribution in [1.29, 1.82) is 0 Å². The van der Waals surface area contributed by atoms with Crippen LogP contribution in [-0.2, 0) is 0 Å². The number of aromatic nitrogens is 1. The van der Waals surface area contributed by atoms with Crippen molar-refractivity contribution in [2.75, 3.05) is 0 Å². The molecule has 3 aliphatic rings. The van der Waals surface area contributed by atoms with E-state index in [1.54, 1.807) is 0 Å². The molecule has 1 aliphatic carbocycles. The van der Waals surface area contributed by atoms with Gasteiger partial charge in [-0.15, -0.1) is 0 Å². The van der Waals surface area contributed by atoms with Gasteiger partial charge in [0.15, 0.2) is 0 Å². The quantitative estimate of drug-likeness (QED) is 0.155. The van der Waals surface area contributed by atoms with Gasteiger partial charge in [0.05, 0.1) is 16.7 Å². The van der Waals surface area contributed by atoms with Gasteiger partial charge in [0, 0.05) is 33.3 Å². The number of para-hydroxylation sites is 2. The first kappa shape index (κ1) is 34.8. The van der Waals surface area contributed by atoms with E-state index < -0.39 is 0 Å². The van der Waals surface area contributed by atoms with Gasteiger partial charge >= 0.3 is 0 Å². The van der Waals surface area contributed by atoms with E-state index in [4.69, 9.17) is 4.99 Å². The highest BCUT2D eigenvalue weighted by Crippen LogP contribution is 2.44. The Balaban J connectivity index is 1.00. The molecule has 1 atom stereocenters. The number of fused-ring (bicyclic) bond motifs is 10. The predicted octanol–water partition coefficient (Wildman–Crippen LogP) is 12.1. The third kappa shape index (κ3) is 5.68. The van der Waals surface area contributed by atoms with Crippen LogP contribution >= 0.6 is 0 Å². The molecule has 2 bridgehead atoms. The van der Waals surface area contributed by atoms with Crippen LogP contribution < -0.4 is 16.4 Å². The van der Waals surface area contributed by atoms with Crippen LogP contribution in [0.1, 0.15) is 41.5 Å². The molecule has 60 heavy (non-hydrogen) atoms. The molecule has 282 valence electrons. The Bertz CT molecular complexity index is 3210. The maximum atomic E-state index is 5.56. The van der Waals surface area contributed by atoms with Crippen LogP contribution in [0.3, 0.4) is 0 Å². The summed E-state index contributed by atoms with van der Waals surface area (Å²) in [6, 6.07) is 71.7. The summed E-state index contributed by atoms with van der Waals surface area (Å²) in [5.74, 6) is 0.381. The molecule has 0 saturated heterocycles. The smallest absolute Gasteiger partial charge is 0.242 e. The van der Waals surface area contributed by atoms with Crippen molar-refractivity contribution in [3.8, 4) is 27.9 Å². The normalized spacial score (nSPS) is 15.6. The molecule has 9 aromatic rings. The van der Waals surface area contributed by atoms with Crippen LogP contribution in [0.2, 0.25) is 0 Å². The van der Waals surface area contributed by atoms with E-state index >= 15 is 0 Å². The van der Waals surface area contributed by atoms with E-state index in [1.807, 2.05) is 0 Å². The van der Waals surface area contributed by atoms with Crippen molar-refractivity contribution in [3.63, 3.8) is 0 Å². The third-order valence-corrected chi connectivity index (χ3v) is 13.1. The van der Waals surface area contributed by atoms with Gasteiger partial charge in [-0.05, 0) is 94.5 Å². The monoisotopic (exact) mass is 764 g/mol. The fourth-order valence-corrected chi connectivity index (χ4v) is 10.4. The highest BCUT2D eigenvalue weighted by molar-refractivity contribution is 6.99. The van der Waals surface area contributed by atoms with Crippen LogP contribution in [0.5, 0.6) is 0 Å². The van der Waals surface area contributed by atoms with Gasteiger partial charge in [0.1, 0.15) is 0 Å². The Labute approximate surface area is 351 Å². The largest absolute Gasteiger partial charge is 0.309 e. The Hall–Kier alpha value is -7.23. The van der Waals surface area contributed by atoms with Crippen molar-refractivity contribution in [2.24, 2.45) is 10.9 Å². The van der Waals surface area contributed by atoms with Gasteiger partial charge in [0.2, 0.25) is 6.71 Å². The van der Waals surface area contributed by atoms with Crippen molar-refractivity contribution in [1.82, 2.24) is 4.57 Å². The first-order chi connectivity index (χ1) is 29.8. The highest BCUT2D eigenvalue weighted by atomic mass is 15.0. The van der Waals surface area contributed by atoms with E-state index in [1.165, 1.54) is 94.1 Å². The molecule has 0 N–H and O–H groups in total. The number of benzene rings is 8. The van der Waals surface area contributed by atoms with Crippen molar-refractivity contribution in [2.45, 2.75) is 19.3 Å². The summed E-state index contributed by atoms with van der Waals surface area (Å²) < 4.78 is 2.44. The van der Waals surface area contributed by atoms with Gasteiger partial charge in [-0.2, -0.15) is 0 Å². The molecule has 2 nitrogen and oxygen atoms in total. The highest BCUT2D eigenvalue weighted by Gasteiger charge is 2.35. The molecule has 0 amide bonds. The van der Waals surface area contributed by atoms with Crippen LogP contribution in [-0.4, -0.2) is 17.0 Å². The summed E-state index contributed by atoms with van der Waals surface area (Å²) in [6.45, 7) is 0.155. The number of hydrogen-bond donors (Lipinski definition) is 0. The van der Waals surface area contributed by atoms with Crippen LogP contribution in [0.25, 0.3) is 67.1 Å². The molecule has 2 aliphatic heterocycles. The maximum absolute atomic E-state index is 5.56. The Morgan fingerprint density at radius 3 is 2.02 bits per heavy atom. The second-order valence-corrected chi connectivity index (χ2v) is 16.5. The number of rotatable bonds is 5. The SMILES string of the molecule is C1=Cc2ccccc2C2=NC(c3ccc(-c4ccc5c(c4)-c4cc6c(cc4B5c4ccccc4)c4ccccc4n6-c4ccccc4)cc3)=C(c3ccccc3)C(CC1)C2. The first-order valence-electron chi connectivity index (χ1n) is 21.3. The summed E-state index contributed by atoms with van der Waals surface area (Å²) >= 11 is 0. The zero-order valence-corrected chi connectivity index (χ0v) is 33.3. The fraction of sp³-hybridized carbons (Fsp3) is 0.0702. The molecule has 8 aromatic carbocycles. The zero-order valence-electron chi connectivity index (χ0n) is 33.3.